The van der Waals surface area contributed by atoms with Crippen molar-refractivity contribution in [3.8, 4) is 17.1 Å². The van der Waals surface area contributed by atoms with Gasteiger partial charge in [0.15, 0.2) is 5.76 Å². The topological polar surface area (TPSA) is 82.2 Å². The van der Waals surface area contributed by atoms with Crippen molar-refractivity contribution in [2.24, 2.45) is 0 Å². The number of nitrogens with one attached hydrogen (secondary N) is 1. The number of halogens is 1. The second-order valence-corrected chi connectivity index (χ2v) is 7.87. The van der Waals surface area contributed by atoms with Crippen LogP contribution in [0, 0.1) is 5.82 Å². The summed E-state index contributed by atoms with van der Waals surface area (Å²) in [7, 11) is 0. The minimum atomic E-state index is -0.283. The first kappa shape index (κ1) is 22.1. The first-order valence-corrected chi connectivity index (χ1v) is 10.9. The van der Waals surface area contributed by atoms with Crippen molar-refractivity contribution < 1.29 is 18.4 Å². The molecule has 3 aromatic carbocycles. The fourth-order valence-electron chi connectivity index (χ4n) is 3.61. The summed E-state index contributed by atoms with van der Waals surface area (Å²) in [6, 6.07) is 22.8. The van der Waals surface area contributed by atoms with Crippen LogP contribution in [0.4, 0.5) is 10.1 Å². The van der Waals surface area contributed by atoms with Gasteiger partial charge in [-0.2, -0.15) is 5.10 Å². The maximum Gasteiger partial charge on any atom is 0.255 e. The van der Waals surface area contributed by atoms with Gasteiger partial charge in [0.05, 0.1) is 30.2 Å². The highest BCUT2D eigenvalue weighted by atomic mass is 19.1. The molecule has 0 saturated heterocycles. The molecule has 0 saturated carbocycles. The largest absolute Gasteiger partial charge is 0.488 e. The number of aromatic nitrogens is 3. The molecule has 35 heavy (non-hydrogen) atoms. The fourth-order valence-corrected chi connectivity index (χ4v) is 3.61. The van der Waals surface area contributed by atoms with Crippen LogP contribution in [0.3, 0.4) is 0 Å². The van der Waals surface area contributed by atoms with Gasteiger partial charge in [-0.25, -0.2) is 4.39 Å². The molecule has 0 bridgehead atoms. The van der Waals surface area contributed by atoms with Crippen molar-refractivity contribution in [1.29, 1.82) is 0 Å². The standard InChI is InChI=1S/C27H21FN4O3/c28-22-10-8-19(9-11-22)16-32-17-23(15-29-32)31-27(33)21-5-3-4-20(14-21)18-34-25-7-2-1-6-24(25)26-12-13-30-35-26/h1-15,17H,16,18H2,(H,31,33). The van der Waals surface area contributed by atoms with Crippen LogP contribution in [0.2, 0.25) is 0 Å². The van der Waals surface area contributed by atoms with Gasteiger partial charge in [0.25, 0.3) is 5.91 Å². The smallest absolute Gasteiger partial charge is 0.255 e. The molecular formula is C27H21FN4O3. The third-order valence-corrected chi connectivity index (χ3v) is 5.32. The summed E-state index contributed by atoms with van der Waals surface area (Å²) in [5, 5.41) is 10.9. The van der Waals surface area contributed by atoms with Gasteiger partial charge < -0.3 is 14.6 Å². The van der Waals surface area contributed by atoms with Crippen LogP contribution in [-0.4, -0.2) is 20.8 Å². The van der Waals surface area contributed by atoms with E-state index in [9.17, 15) is 9.18 Å². The molecule has 2 aromatic heterocycles. The molecule has 0 spiro atoms. The Kier molecular flexibility index (Phi) is 6.34. The molecule has 5 rings (SSSR count). The number of carbonyl (C=O) groups is 1. The van der Waals surface area contributed by atoms with E-state index in [0.717, 1.165) is 16.7 Å². The van der Waals surface area contributed by atoms with Crippen LogP contribution in [0.1, 0.15) is 21.5 Å². The summed E-state index contributed by atoms with van der Waals surface area (Å²) in [6.07, 6.45) is 4.89. The Morgan fingerprint density at radius 1 is 1.00 bits per heavy atom. The van der Waals surface area contributed by atoms with E-state index in [0.29, 0.717) is 29.3 Å². The zero-order chi connectivity index (χ0) is 24.0. The van der Waals surface area contributed by atoms with E-state index in [1.54, 1.807) is 53.6 Å². The second-order valence-electron chi connectivity index (χ2n) is 7.87. The van der Waals surface area contributed by atoms with Crippen LogP contribution in [0.15, 0.2) is 102 Å². The molecule has 1 N–H and O–H groups in total. The molecule has 7 nitrogen and oxygen atoms in total. The molecule has 0 aliphatic carbocycles. The van der Waals surface area contributed by atoms with Crippen LogP contribution < -0.4 is 10.1 Å². The SMILES string of the molecule is O=C(Nc1cnn(Cc2ccc(F)cc2)c1)c1cccc(COc2ccccc2-c2ccno2)c1. The lowest BCUT2D eigenvalue weighted by Crippen LogP contribution is -2.12. The number of hydrogen-bond donors (Lipinski definition) is 1. The van der Waals surface area contributed by atoms with Crippen LogP contribution in [-0.2, 0) is 13.2 Å². The Bertz CT molecular complexity index is 1430. The van der Waals surface area contributed by atoms with E-state index in [2.05, 4.69) is 15.6 Å². The zero-order valence-corrected chi connectivity index (χ0v) is 18.6. The molecule has 2 heterocycles. The van der Waals surface area contributed by atoms with Crippen molar-refractivity contribution in [3.05, 3.63) is 120 Å². The fraction of sp³-hybridized carbons (Fsp3) is 0.0741. The number of carbonyl (C=O) groups excluding carboxylic acids is 1. The third-order valence-electron chi connectivity index (χ3n) is 5.32. The second kappa shape index (κ2) is 10.0. The zero-order valence-electron chi connectivity index (χ0n) is 18.6. The Balaban J connectivity index is 1.22. The maximum atomic E-state index is 13.1. The van der Waals surface area contributed by atoms with Crippen molar-refractivity contribution in [1.82, 2.24) is 14.9 Å². The molecule has 0 unspecified atom stereocenters. The van der Waals surface area contributed by atoms with Crippen LogP contribution in [0.5, 0.6) is 5.75 Å². The Hall–Kier alpha value is -4.72. The monoisotopic (exact) mass is 468 g/mol. The van der Waals surface area contributed by atoms with Gasteiger partial charge in [0, 0.05) is 17.8 Å². The number of para-hydroxylation sites is 1. The number of rotatable bonds is 8. The number of nitrogens with zero attached hydrogens (tertiary/aromatic N) is 3. The number of anilines is 1. The highest BCUT2D eigenvalue weighted by molar-refractivity contribution is 6.04. The molecule has 8 heteroatoms. The number of amides is 1. The first-order chi connectivity index (χ1) is 17.1. The van der Waals surface area contributed by atoms with Crippen LogP contribution in [0.25, 0.3) is 11.3 Å². The Morgan fingerprint density at radius 3 is 2.69 bits per heavy atom. The maximum absolute atomic E-state index is 13.1. The summed E-state index contributed by atoms with van der Waals surface area (Å²) in [4.78, 5) is 12.8. The molecule has 0 radical (unpaired) electrons. The molecule has 0 atom stereocenters. The summed E-state index contributed by atoms with van der Waals surface area (Å²) >= 11 is 0. The molecule has 0 aliphatic rings. The van der Waals surface area contributed by atoms with Gasteiger partial charge in [-0.3, -0.25) is 9.48 Å². The van der Waals surface area contributed by atoms with Gasteiger partial charge in [-0.1, -0.05) is 41.6 Å². The summed E-state index contributed by atoms with van der Waals surface area (Å²) < 4.78 is 26.0. The average Bonchev–Trinajstić information content (AvgIpc) is 3.57. The Morgan fingerprint density at radius 2 is 1.86 bits per heavy atom. The predicted octanol–water partition coefficient (Wildman–Crippen LogP) is 5.56. The van der Waals surface area contributed by atoms with Gasteiger partial charge in [-0.05, 0) is 47.5 Å². The summed E-state index contributed by atoms with van der Waals surface area (Å²) in [5.74, 6) is 0.741. The van der Waals surface area contributed by atoms with Gasteiger partial charge in [0.1, 0.15) is 18.2 Å². The van der Waals surface area contributed by atoms with E-state index >= 15 is 0 Å². The summed E-state index contributed by atoms with van der Waals surface area (Å²) in [5.41, 5.74) is 3.62. The number of benzene rings is 3. The lowest BCUT2D eigenvalue weighted by atomic mass is 10.1. The van der Waals surface area contributed by atoms with E-state index in [-0.39, 0.29) is 18.3 Å². The normalized spacial score (nSPS) is 10.8. The number of hydrogen-bond acceptors (Lipinski definition) is 5. The molecule has 0 aliphatic heterocycles. The number of ether oxygens (including phenoxy) is 1. The van der Waals surface area contributed by atoms with Crippen molar-refractivity contribution in [2.75, 3.05) is 5.32 Å². The molecular weight excluding hydrogens is 447 g/mol. The lowest BCUT2D eigenvalue weighted by molar-refractivity contribution is 0.102. The highest BCUT2D eigenvalue weighted by Crippen LogP contribution is 2.30. The van der Waals surface area contributed by atoms with Crippen LogP contribution >= 0.6 is 0 Å². The lowest BCUT2D eigenvalue weighted by Gasteiger charge is -2.10. The third kappa shape index (κ3) is 5.44. The highest BCUT2D eigenvalue weighted by Gasteiger charge is 2.11. The molecule has 0 fully saturated rings. The molecule has 1 amide bonds. The predicted molar refractivity (Wildman–Crippen MR) is 128 cm³/mol. The first-order valence-electron chi connectivity index (χ1n) is 10.9. The average molecular weight is 468 g/mol. The Labute approximate surface area is 200 Å². The minimum absolute atomic E-state index is 0.254. The van der Waals surface area contributed by atoms with Crippen molar-refractivity contribution >= 4 is 11.6 Å². The van der Waals surface area contributed by atoms with E-state index in [1.165, 1.54) is 12.1 Å². The van der Waals surface area contributed by atoms with Crippen molar-refractivity contribution in [2.45, 2.75) is 13.2 Å². The van der Waals surface area contributed by atoms with E-state index in [4.69, 9.17) is 9.26 Å². The van der Waals surface area contributed by atoms with E-state index < -0.39 is 0 Å². The van der Waals surface area contributed by atoms with Gasteiger partial charge >= 0.3 is 0 Å². The van der Waals surface area contributed by atoms with Gasteiger partial charge in [0.2, 0.25) is 0 Å². The quantitative estimate of drug-likeness (QED) is 0.323. The minimum Gasteiger partial charge on any atom is -0.488 e. The molecule has 5 aromatic rings. The molecule has 174 valence electrons. The summed E-state index contributed by atoms with van der Waals surface area (Å²) in [6.45, 7) is 0.750. The van der Waals surface area contributed by atoms with E-state index in [1.807, 2.05) is 36.4 Å². The van der Waals surface area contributed by atoms with Crippen molar-refractivity contribution in [3.63, 3.8) is 0 Å². The van der Waals surface area contributed by atoms with Gasteiger partial charge in [-0.15, -0.1) is 0 Å².